The number of nitrogens with zero attached hydrogens (tertiary/aromatic N) is 2. The van der Waals surface area contributed by atoms with Crippen LogP contribution in [0.3, 0.4) is 0 Å². The molecule has 1 N–H and O–H groups in total. The fraction of sp³-hybridized carbons (Fsp3) is 0.625. The predicted molar refractivity (Wildman–Crippen MR) is 87.5 cm³/mol. The van der Waals surface area contributed by atoms with Crippen LogP contribution in [0.4, 0.5) is 11.4 Å². The van der Waals surface area contributed by atoms with E-state index in [2.05, 4.69) is 33.1 Å². The van der Waals surface area contributed by atoms with Crippen LogP contribution in [0.15, 0.2) is 24.3 Å². The molecule has 21 heavy (non-hydrogen) atoms. The molecule has 0 saturated carbocycles. The van der Waals surface area contributed by atoms with Crippen molar-refractivity contribution in [3.8, 4) is 0 Å². The van der Waals surface area contributed by atoms with Crippen LogP contribution in [-0.4, -0.2) is 42.1 Å². The molecule has 0 saturated heterocycles. The molecule has 1 unspecified atom stereocenters. The number of non-ortho nitro benzene ring substituents is 1. The van der Waals surface area contributed by atoms with E-state index >= 15 is 0 Å². The molecule has 0 fully saturated rings. The largest absolute Gasteiger partial charge is 0.383 e. The molecule has 0 spiro atoms. The van der Waals surface area contributed by atoms with Crippen LogP contribution in [-0.2, 0) is 0 Å². The van der Waals surface area contributed by atoms with E-state index in [0.717, 1.165) is 16.6 Å². The zero-order chi connectivity index (χ0) is 15.9. The van der Waals surface area contributed by atoms with Gasteiger partial charge in [0.05, 0.1) is 31.6 Å². The molecule has 1 aromatic rings. The first-order valence-electron chi connectivity index (χ1n) is 7.74. The fourth-order valence-electron chi connectivity index (χ4n) is 2.36. The summed E-state index contributed by atoms with van der Waals surface area (Å²) >= 11 is 0. The number of anilines is 1. The SMILES string of the molecule is CC[N+](C)(CC)CCCC(C)Nc1ccc([N+](=O)[O-])cc1. The third-order valence-electron chi connectivity index (χ3n) is 4.35. The summed E-state index contributed by atoms with van der Waals surface area (Å²) in [5.74, 6) is 0. The summed E-state index contributed by atoms with van der Waals surface area (Å²) in [5, 5.41) is 14.0. The number of hydrogen-bond acceptors (Lipinski definition) is 3. The van der Waals surface area contributed by atoms with E-state index in [0.29, 0.717) is 6.04 Å². The maximum atomic E-state index is 10.6. The van der Waals surface area contributed by atoms with Crippen LogP contribution >= 0.6 is 0 Å². The zero-order valence-electron chi connectivity index (χ0n) is 13.6. The van der Waals surface area contributed by atoms with Gasteiger partial charge in [-0.1, -0.05) is 0 Å². The van der Waals surface area contributed by atoms with Gasteiger partial charge in [0.25, 0.3) is 5.69 Å². The molecular formula is C16H28N3O2+. The van der Waals surface area contributed by atoms with Crippen LogP contribution < -0.4 is 5.32 Å². The van der Waals surface area contributed by atoms with Gasteiger partial charge in [-0.05, 0) is 45.7 Å². The average molecular weight is 294 g/mol. The van der Waals surface area contributed by atoms with E-state index in [1.165, 1.54) is 38.2 Å². The molecule has 1 atom stereocenters. The molecule has 0 aliphatic heterocycles. The molecular weight excluding hydrogens is 266 g/mol. The first-order valence-corrected chi connectivity index (χ1v) is 7.74. The predicted octanol–water partition coefficient (Wildman–Crippen LogP) is 3.66. The van der Waals surface area contributed by atoms with Gasteiger partial charge in [0.2, 0.25) is 0 Å². The summed E-state index contributed by atoms with van der Waals surface area (Å²) in [6.45, 7) is 10.2. The Kier molecular flexibility index (Phi) is 6.62. The van der Waals surface area contributed by atoms with Crippen LogP contribution in [0.25, 0.3) is 0 Å². The van der Waals surface area contributed by atoms with Crippen LogP contribution in [0.5, 0.6) is 0 Å². The van der Waals surface area contributed by atoms with Gasteiger partial charge in [-0.3, -0.25) is 10.1 Å². The smallest absolute Gasteiger partial charge is 0.269 e. The van der Waals surface area contributed by atoms with E-state index in [1.807, 2.05) is 0 Å². The van der Waals surface area contributed by atoms with E-state index in [9.17, 15) is 10.1 Å². The third-order valence-corrected chi connectivity index (χ3v) is 4.35. The van der Waals surface area contributed by atoms with E-state index < -0.39 is 0 Å². The Morgan fingerprint density at radius 3 is 2.29 bits per heavy atom. The van der Waals surface area contributed by atoms with Crippen molar-refractivity contribution in [2.24, 2.45) is 0 Å². The number of hydrogen-bond donors (Lipinski definition) is 1. The lowest BCUT2D eigenvalue weighted by Crippen LogP contribution is -2.44. The van der Waals surface area contributed by atoms with Gasteiger partial charge in [0.15, 0.2) is 0 Å². The number of benzene rings is 1. The molecule has 118 valence electrons. The molecule has 5 heteroatoms. The molecule has 0 bridgehead atoms. The Morgan fingerprint density at radius 1 is 1.24 bits per heavy atom. The highest BCUT2D eigenvalue weighted by Crippen LogP contribution is 2.17. The Morgan fingerprint density at radius 2 is 1.81 bits per heavy atom. The van der Waals surface area contributed by atoms with Crippen molar-refractivity contribution < 1.29 is 9.41 Å². The van der Waals surface area contributed by atoms with Gasteiger partial charge in [-0.2, -0.15) is 0 Å². The second kappa shape index (κ2) is 7.98. The maximum absolute atomic E-state index is 10.6. The fourth-order valence-corrected chi connectivity index (χ4v) is 2.36. The number of nitro groups is 1. The van der Waals surface area contributed by atoms with Crippen molar-refractivity contribution in [2.45, 2.75) is 39.7 Å². The van der Waals surface area contributed by atoms with E-state index in [1.54, 1.807) is 12.1 Å². The quantitative estimate of drug-likeness (QED) is 0.429. The summed E-state index contributed by atoms with van der Waals surface area (Å²) in [4.78, 5) is 10.2. The molecule has 1 aromatic carbocycles. The normalized spacial score (nSPS) is 13.0. The Hall–Kier alpha value is -1.62. The van der Waals surface area contributed by atoms with Gasteiger partial charge in [0, 0.05) is 23.9 Å². The van der Waals surface area contributed by atoms with Crippen molar-refractivity contribution in [3.05, 3.63) is 34.4 Å². The van der Waals surface area contributed by atoms with E-state index in [-0.39, 0.29) is 10.6 Å². The number of quaternary nitrogens is 1. The maximum Gasteiger partial charge on any atom is 0.269 e. The van der Waals surface area contributed by atoms with Crippen LogP contribution in [0.2, 0.25) is 0 Å². The number of rotatable bonds is 9. The minimum absolute atomic E-state index is 0.132. The van der Waals surface area contributed by atoms with Crippen molar-refractivity contribution >= 4 is 11.4 Å². The van der Waals surface area contributed by atoms with Gasteiger partial charge in [0.1, 0.15) is 0 Å². The Bertz CT molecular complexity index is 441. The number of nitrogens with one attached hydrogen (secondary N) is 1. The highest BCUT2D eigenvalue weighted by molar-refractivity contribution is 5.48. The van der Waals surface area contributed by atoms with E-state index in [4.69, 9.17) is 0 Å². The lowest BCUT2D eigenvalue weighted by molar-refractivity contribution is -0.906. The summed E-state index contributed by atoms with van der Waals surface area (Å²) in [5.41, 5.74) is 1.07. The number of nitro benzene ring substituents is 1. The average Bonchev–Trinajstić information content (AvgIpc) is 2.47. The second-order valence-electron chi connectivity index (χ2n) is 5.97. The van der Waals surface area contributed by atoms with Crippen LogP contribution in [0, 0.1) is 10.1 Å². The molecule has 1 rings (SSSR count). The third kappa shape index (κ3) is 5.71. The van der Waals surface area contributed by atoms with Crippen molar-refractivity contribution in [3.63, 3.8) is 0 Å². The summed E-state index contributed by atoms with van der Waals surface area (Å²) in [7, 11) is 2.30. The summed E-state index contributed by atoms with van der Waals surface area (Å²) in [6, 6.07) is 6.99. The molecule has 0 aromatic heterocycles. The molecule has 5 nitrogen and oxygen atoms in total. The highest BCUT2D eigenvalue weighted by Gasteiger charge is 2.16. The monoisotopic (exact) mass is 294 g/mol. The minimum atomic E-state index is -0.374. The first-order chi connectivity index (χ1) is 9.90. The van der Waals surface area contributed by atoms with Gasteiger partial charge >= 0.3 is 0 Å². The molecule has 0 amide bonds. The van der Waals surface area contributed by atoms with Crippen molar-refractivity contribution in [1.82, 2.24) is 0 Å². The van der Waals surface area contributed by atoms with Gasteiger partial charge in [-0.25, -0.2) is 0 Å². The van der Waals surface area contributed by atoms with Crippen molar-refractivity contribution in [1.29, 1.82) is 0 Å². The topological polar surface area (TPSA) is 55.2 Å². The lowest BCUT2D eigenvalue weighted by atomic mass is 10.1. The summed E-state index contributed by atoms with van der Waals surface area (Å²) in [6.07, 6.45) is 2.28. The standard InChI is InChI=1S/C16H28N3O2/c1-5-19(4,6-2)13-7-8-14(3)17-15-9-11-16(12-10-15)18(20)21/h9-12,14,17H,5-8,13H2,1-4H3/q+1. The highest BCUT2D eigenvalue weighted by atomic mass is 16.6. The molecule has 0 aliphatic rings. The molecule has 0 aliphatic carbocycles. The molecule has 0 radical (unpaired) electrons. The summed E-state index contributed by atoms with van der Waals surface area (Å²) < 4.78 is 1.12. The minimum Gasteiger partial charge on any atom is -0.383 e. The Balaban J connectivity index is 2.40. The second-order valence-corrected chi connectivity index (χ2v) is 5.97. The van der Waals surface area contributed by atoms with Crippen molar-refractivity contribution in [2.75, 3.05) is 32.0 Å². The van der Waals surface area contributed by atoms with Gasteiger partial charge in [-0.15, -0.1) is 0 Å². The lowest BCUT2D eigenvalue weighted by Gasteiger charge is -2.32. The molecule has 0 heterocycles. The van der Waals surface area contributed by atoms with Gasteiger partial charge < -0.3 is 9.80 Å². The first kappa shape index (κ1) is 17.4. The van der Waals surface area contributed by atoms with Crippen LogP contribution in [0.1, 0.15) is 33.6 Å². The zero-order valence-corrected chi connectivity index (χ0v) is 13.6. The Labute approximate surface area is 127 Å².